The highest BCUT2D eigenvalue weighted by molar-refractivity contribution is 5.95. The number of para-hydroxylation sites is 2. The highest BCUT2D eigenvalue weighted by atomic mass is 16.5. The molecule has 1 fully saturated rings. The second-order valence-corrected chi connectivity index (χ2v) is 9.16. The fourth-order valence-corrected chi connectivity index (χ4v) is 4.31. The van der Waals surface area contributed by atoms with E-state index in [9.17, 15) is 9.59 Å². The minimum absolute atomic E-state index is 0.0282. The van der Waals surface area contributed by atoms with Gasteiger partial charge in [0.1, 0.15) is 5.82 Å². The number of benzene rings is 2. The van der Waals surface area contributed by atoms with Crippen molar-refractivity contribution in [3.63, 3.8) is 0 Å². The molecule has 8 heteroatoms. The Morgan fingerprint density at radius 3 is 2.54 bits per heavy atom. The molecule has 0 saturated carbocycles. The smallest absolute Gasteiger partial charge is 0.260 e. The monoisotopic (exact) mass is 478 g/mol. The maximum Gasteiger partial charge on any atom is 0.260 e. The second kappa shape index (κ2) is 11.3. The molecule has 0 bridgehead atoms. The number of ether oxygens (including phenoxy) is 2. The lowest BCUT2D eigenvalue weighted by molar-refractivity contribution is -0.134. The molecule has 1 saturated heterocycles. The summed E-state index contributed by atoms with van der Waals surface area (Å²) in [6, 6.07) is 12.6. The van der Waals surface area contributed by atoms with E-state index in [1.54, 1.807) is 18.2 Å². The predicted molar refractivity (Wildman–Crippen MR) is 135 cm³/mol. The Labute approximate surface area is 206 Å². The number of likely N-dealkylation sites (tertiary alicyclic amines) is 1. The van der Waals surface area contributed by atoms with Crippen molar-refractivity contribution in [2.75, 3.05) is 26.3 Å². The summed E-state index contributed by atoms with van der Waals surface area (Å²) in [6.45, 7) is 7.87. The van der Waals surface area contributed by atoms with E-state index in [1.165, 1.54) is 0 Å². The second-order valence-electron chi connectivity index (χ2n) is 9.16. The van der Waals surface area contributed by atoms with E-state index in [1.807, 2.05) is 49.9 Å². The normalized spacial score (nSPS) is 14.7. The van der Waals surface area contributed by atoms with Gasteiger partial charge in [-0.2, -0.15) is 0 Å². The number of nitrogens with one attached hydrogen (secondary N) is 2. The van der Waals surface area contributed by atoms with Gasteiger partial charge in [-0.05, 0) is 62.4 Å². The largest absolute Gasteiger partial charge is 0.490 e. The van der Waals surface area contributed by atoms with Crippen LogP contribution in [0.5, 0.6) is 11.5 Å². The van der Waals surface area contributed by atoms with Crippen LogP contribution in [-0.2, 0) is 4.79 Å². The summed E-state index contributed by atoms with van der Waals surface area (Å²) >= 11 is 0. The Balaban J connectivity index is 1.47. The lowest BCUT2D eigenvalue weighted by atomic mass is 10.0. The molecule has 0 spiro atoms. The van der Waals surface area contributed by atoms with Crippen LogP contribution in [-0.4, -0.2) is 53.0 Å². The van der Waals surface area contributed by atoms with Crippen molar-refractivity contribution in [3.8, 4) is 11.5 Å². The standard InChI is InChI=1S/C27H34N4O4/c1-4-34-23-16-19(12-13-22(23)35-17-24(32)31-14-8-5-9-15-31)27(33)30-25(18(2)3)26-28-20-10-6-7-11-21(20)29-26/h6-7,10-13,16,18,25H,4-5,8-9,14-15,17H2,1-3H3,(H,28,29)(H,30,33)/t25-/m0/s1. The van der Waals surface area contributed by atoms with Gasteiger partial charge in [0, 0.05) is 18.7 Å². The summed E-state index contributed by atoms with van der Waals surface area (Å²) in [5.74, 6) is 1.47. The van der Waals surface area contributed by atoms with Gasteiger partial charge in [0.15, 0.2) is 18.1 Å². The summed E-state index contributed by atoms with van der Waals surface area (Å²) < 4.78 is 11.5. The minimum atomic E-state index is -0.288. The Morgan fingerprint density at radius 1 is 1.06 bits per heavy atom. The van der Waals surface area contributed by atoms with Crippen LogP contribution in [0.2, 0.25) is 0 Å². The first-order valence-corrected chi connectivity index (χ1v) is 12.4. The fourth-order valence-electron chi connectivity index (χ4n) is 4.31. The number of piperidine rings is 1. The van der Waals surface area contributed by atoms with Gasteiger partial charge >= 0.3 is 0 Å². The molecule has 1 aliphatic heterocycles. The van der Waals surface area contributed by atoms with Crippen LogP contribution in [0.15, 0.2) is 42.5 Å². The number of carbonyl (C=O) groups is 2. The number of rotatable bonds is 9. The highest BCUT2D eigenvalue weighted by Crippen LogP contribution is 2.30. The number of amides is 2. The van der Waals surface area contributed by atoms with Gasteiger partial charge in [0.2, 0.25) is 0 Å². The van der Waals surface area contributed by atoms with E-state index in [-0.39, 0.29) is 30.4 Å². The lowest BCUT2D eigenvalue weighted by Crippen LogP contribution is -2.38. The molecule has 2 aromatic carbocycles. The van der Waals surface area contributed by atoms with Crippen LogP contribution < -0.4 is 14.8 Å². The fraction of sp³-hybridized carbons (Fsp3) is 0.444. The van der Waals surface area contributed by atoms with E-state index in [2.05, 4.69) is 15.3 Å². The van der Waals surface area contributed by atoms with Gasteiger partial charge in [0.05, 0.1) is 23.7 Å². The third-order valence-corrected chi connectivity index (χ3v) is 6.22. The Bertz CT molecular complexity index is 1130. The van der Waals surface area contributed by atoms with Crippen LogP contribution >= 0.6 is 0 Å². The number of H-pyrrole nitrogens is 1. The van der Waals surface area contributed by atoms with Crippen LogP contribution in [0.1, 0.15) is 62.3 Å². The van der Waals surface area contributed by atoms with Crippen molar-refractivity contribution in [1.29, 1.82) is 0 Å². The average molecular weight is 479 g/mol. The van der Waals surface area contributed by atoms with Gasteiger partial charge in [-0.1, -0.05) is 26.0 Å². The quantitative estimate of drug-likeness (QED) is 0.473. The number of hydrogen-bond acceptors (Lipinski definition) is 5. The van der Waals surface area contributed by atoms with Crippen molar-refractivity contribution in [3.05, 3.63) is 53.9 Å². The maximum absolute atomic E-state index is 13.2. The van der Waals surface area contributed by atoms with Crippen LogP contribution in [0.25, 0.3) is 11.0 Å². The van der Waals surface area contributed by atoms with Gasteiger partial charge in [-0.15, -0.1) is 0 Å². The zero-order valence-electron chi connectivity index (χ0n) is 20.7. The Morgan fingerprint density at radius 2 is 1.83 bits per heavy atom. The average Bonchev–Trinajstić information content (AvgIpc) is 3.30. The third-order valence-electron chi connectivity index (χ3n) is 6.22. The molecule has 2 amide bonds. The summed E-state index contributed by atoms with van der Waals surface area (Å²) in [5, 5.41) is 3.10. The Kier molecular flexibility index (Phi) is 7.90. The molecule has 0 unspecified atom stereocenters. The van der Waals surface area contributed by atoms with E-state index in [0.29, 0.717) is 23.7 Å². The van der Waals surface area contributed by atoms with Gasteiger partial charge in [-0.3, -0.25) is 9.59 Å². The van der Waals surface area contributed by atoms with Crippen molar-refractivity contribution in [1.82, 2.24) is 20.2 Å². The van der Waals surface area contributed by atoms with Crippen molar-refractivity contribution < 1.29 is 19.1 Å². The molecule has 4 rings (SSSR count). The molecule has 2 N–H and O–H groups in total. The first kappa shape index (κ1) is 24.6. The van der Waals surface area contributed by atoms with Crippen LogP contribution in [0, 0.1) is 5.92 Å². The van der Waals surface area contributed by atoms with Crippen molar-refractivity contribution >= 4 is 22.8 Å². The summed E-state index contributed by atoms with van der Waals surface area (Å²) in [5.41, 5.74) is 2.24. The zero-order valence-corrected chi connectivity index (χ0v) is 20.7. The van der Waals surface area contributed by atoms with E-state index < -0.39 is 0 Å². The van der Waals surface area contributed by atoms with Crippen LogP contribution in [0.4, 0.5) is 0 Å². The van der Waals surface area contributed by atoms with E-state index >= 15 is 0 Å². The Hall–Kier alpha value is -3.55. The number of fused-ring (bicyclic) bond motifs is 1. The highest BCUT2D eigenvalue weighted by Gasteiger charge is 2.24. The number of imidazole rings is 1. The summed E-state index contributed by atoms with van der Waals surface area (Å²) in [4.78, 5) is 35.5. The zero-order chi connectivity index (χ0) is 24.8. The molecule has 8 nitrogen and oxygen atoms in total. The summed E-state index contributed by atoms with van der Waals surface area (Å²) in [7, 11) is 0. The van der Waals surface area contributed by atoms with Gasteiger partial charge in [0.25, 0.3) is 11.8 Å². The van der Waals surface area contributed by atoms with E-state index in [4.69, 9.17) is 9.47 Å². The first-order valence-electron chi connectivity index (χ1n) is 12.4. The summed E-state index contributed by atoms with van der Waals surface area (Å²) in [6.07, 6.45) is 3.23. The molecule has 1 atom stereocenters. The molecule has 35 heavy (non-hydrogen) atoms. The van der Waals surface area contributed by atoms with Gasteiger partial charge < -0.3 is 24.7 Å². The first-order chi connectivity index (χ1) is 17.0. The predicted octanol–water partition coefficient (Wildman–Crippen LogP) is 4.48. The minimum Gasteiger partial charge on any atom is -0.490 e. The molecule has 0 radical (unpaired) electrons. The number of aromatic amines is 1. The van der Waals surface area contributed by atoms with Crippen molar-refractivity contribution in [2.24, 2.45) is 5.92 Å². The van der Waals surface area contributed by atoms with Gasteiger partial charge in [-0.25, -0.2) is 4.98 Å². The molecule has 0 aliphatic carbocycles. The van der Waals surface area contributed by atoms with E-state index in [0.717, 1.165) is 49.2 Å². The molecular formula is C27H34N4O4. The molecular weight excluding hydrogens is 444 g/mol. The molecule has 3 aromatic rings. The SMILES string of the molecule is CCOc1cc(C(=O)N[C@H](c2nc3ccccc3[nH]2)C(C)C)ccc1OCC(=O)N1CCCCC1. The van der Waals surface area contributed by atoms with Crippen molar-refractivity contribution in [2.45, 2.75) is 46.1 Å². The molecule has 1 aromatic heterocycles. The molecule has 186 valence electrons. The lowest BCUT2D eigenvalue weighted by Gasteiger charge is -2.26. The number of hydrogen-bond donors (Lipinski definition) is 2. The molecule has 2 heterocycles. The number of nitrogens with zero attached hydrogens (tertiary/aromatic N) is 2. The topological polar surface area (TPSA) is 96.5 Å². The van der Waals surface area contributed by atoms with Crippen LogP contribution in [0.3, 0.4) is 0 Å². The third kappa shape index (κ3) is 5.93. The molecule has 1 aliphatic rings. The maximum atomic E-state index is 13.2. The number of carbonyl (C=O) groups excluding carboxylic acids is 2. The number of aromatic nitrogens is 2.